The van der Waals surface area contributed by atoms with Gasteiger partial charge in [0.05, 0.1) is 0 Å². The third kappa shape index (κ3) is 11.0. The minimum Gasteiger partial charge on any atom is -0.311 e. The van der Waals surface area contributed by atoms with Crippen LogP contribution in [-0.4, -0.2) is 0 Å². The Bertz CT molecular complexity index is 3860. The van der Waals surface area contributed by atoms with Crippen LogP contribution >= 0.6 is 0 Å². The highest BCUT2D eigenvalue weighted by molar-refractivity contribution is 5.85. The van der Waals surface area contributed by atoms with Crippen LogP contribution < -0.4 is 19.6 Å². The molecule has 0 bridgehead atoms. The summed E-state index contributed by atoms with van der Waals surface area (Å²) in [4.78, 5) is 9.27. The smallest absolute Gasteiger partial charge is 0.0463 e. The molecule has 380 valence electrons. The number of aryl methyl sites for hydroxylation is 3. The molecule has 4 heteroatoms. The third-order valence-corrected chi connectivity index (χ3v) is 14.7. The molecule has 0 fully saturated rings. The maximum absolute atomic E-state index is 2.32. The summed E-state index contributed by atoms with van der Waals surface area (Å²) in [6, 6.07) is 111. The van der Waals surface area contributed by atoms with Gasteiger partial charge in [0.15, 0.2) is 0 Å². The molecule has 0 saturated heterocycles. The van der Waals surface area contributed by atoms with Gasteiger partial charge in [0, 0.05) is 68.2 Å². The number of benzene rings is 12. The van der Waals surface area contributed by atoms with Crippen LogP contribution in [-0.2, 0) is 0 Å². The van der Waals surface area contributed by atoms with E-state index < -0.39 is 0 Å². The molecule has 0 aliphatic heterocycles. The maximum Gasteiger partial charge on any atom is 0.0463 e. The Kier molecular flexibility index (Phi) is 14.2. The fraction of sp³-hybridized carbons (Fsp3) is 0.0400. The predicted molar refractivity (Wildman–Crippen MR) is 336 cm³/mol. The van der Waals surface area contributed by atoms with Crippen LogP contribution in [0.3, 0.4) is 0 Å². The van der Waals surface area contributed by atoms with Gasteiger partial charge in [0.25, 0.3) is 0 Å². The first-order valence-electron chi connectivity index (χ1n) is 27.1. The lowest BCUT2D eigenvalue weighted by Crippen LogP contribution is -2.12. The summed E-state index contributed by atoms with van der Waals surface area (Å²) in [5, 5.41) is 0. The number of anilines is 12. The molecule has 0 spiro atoms. The summed E-state index contributed by atoms with van der Waals surface area (Å²) in [7, 11) is 0. The second kappa shape index (κ2) is 22.6. The van der Waals surface area contributed by atoms with Gasteiger partial charge in [-0.05, 0) is 206 Å². The van der Waals surface area contributed by atoms with Gasteiger partial charge in [-0.15, -0.1) is 0 Å². The summed E-state index contributed by atoms with van der Waals surface area (Å²) < 4.78 is 0. The Labute approximate surface area is 465 Å². The Balaban J connectivity index is 0.771. The third-order valence-electron chi connectivity index (χ3n) is 14.7. The second-order valence-corrected chi connectivity index (χ2v) is 20.1. The Hall–Kier alpha value is -10.2. The maximum atomic E-state index is 2.32. The van der Waals surface area contributed by atoms with E-state index in [0.717, 1.165) is 79.4 Å². The van der Waals surface area contributed by atoms with E-state index in [2.05, 4.69) is 350 Å². The molecular weight excluding hydrogens is 957 g/mol. The van der Waals surface area contributed by atoms with Crippen molar-refractivity contribution >= 4 is 68.2 Å². The fourth-order valence-corrected chi connectivity index (χ4v) is 10.4. The zero-order valence-corrected chi connectivity index (χ0v) is 44.7. The normalized spacial score (nSPS) is 11.0. The molecule has 12 aromatic rings. The molecular formula is C75H60N4. The largest absolute Gasteiger partial charge is 0.311 e. The van der Waals surface area contributed by atoms with Gasteiger partial charge in [-0.2, -0.15) is 0 Å². The summed E-state index contributed by atoms with van der Waals surface area (Å²) in [5.41, 5.74) is 23.9. The van der Waals surface area contributed by atoms with Crippen molar-refractivity contribution in [2.24, 2.45) is 0 Å². The number of nitrogens with zero attached hydrogens (tertiary/aromatic N) is 4. The summed E-state index contributed by atoms with van der Waals surface area (Å²) in [5.74, 6) is 0. The number of hydrogen-bond donors (Lipinski definition) is 0. The predicted octanol–water partition coefficient (Wildman–Crippen LogP) is 21.5. The van der Waals surface area contributed by atoms with Gasteiger partial charge in [-0.3, -0.25) is 0 Å². The van der Waals surface area contributed by atoms with E-state index >= 15 is 0 Å². The number of para-hydroxylation sites is 3. The van der Waals surface area contributed by atoms with Gasteiger partial charge in [0.1, 0.15) is 0 Å². The quantitative estimate of drug-likeness (QED) is 0.101. The van der Waals surface area contributed by atoms with Gasteiger partial charge in [-0.25, -0.2) is 0 Å². The van der Waals surface area contributed by atoms with Crippen LogP contribution in [0.1, 0.15) is 16.7 Å². The van der Waals surface area contributed by atoms with E-state index in [1.165, 1.54) is 38.9 Å². The van der Waals surface area contributed by atoms with Crippen molar-refractivity contribution in [1.29, 1.82) is 0 Å². The second-order valence-electron chi connectivity index (χ2n) is 20.1. The SMILES string of the molecule is Cc1ccc(N(c2ccccc2)c2ccc(N(c3ccccc3)c3ccc(-c4cccc(-c5ccc(-c6ccc(N(c7ccccc7)c7ccc(N(c8ccc(C)cc8)c8ccc(C)cc8)cc7)cc6)cc5)c4)cc3)cc2)cc1. The molecule has 0 aliphatic rings. The van der Waals surface area contributed by atoms with Crippen molar-refractivity contribution in [1.82, 2.24) is 0 Å². The van der Waals surface area contributed by atoms with E-state index in [1.54, 1.807) is 0 Å². The minimum atomic E-state index is 1.08. The van der Waals surface area contributed by atoms with Crippen LogP contribution in [0.5, 0.6) is 0 Å². The Morgan fingerprint density at radius 3 is 0.570 bits per heavy atom. The lowest BCUT2D eigenvalue weighted by Gasteiger charge is -2.28. The molecule has 0 N–H and O–H groups in total. The average Bonchev–Trinajstić information content (AvgIpc) is 3.54. The highest BCUT2D eigenvalue weighted by Gasteiger charge is 2.19. The van der Waals surface area contributed by atoms with E-state index in [0.29, 0.717) is 0 Å². The standard InChI is InChI=1S/C75H60N4/c1-55-22-36-67(37-23-55)76(64-16-7-4-8-17-64)72-46-48-73(49-47-72)78(66-20-11-6-12-21-66)71-44-34-61(35-45-71)63-15-13-14-62(54-63)60-30-28-58(29-31-60)59-32-42-70(43-33-59)77(65-18-9-5-10-19-65)74-50-52-75(53-51-74)79(68-38-24-56(2)25-39-68)69-40-26-57(3)27-41-69/h4-54H,1-3H3. The van der Waals surface area contributed by atoms with Crippen molar-refractivity contribution < 1.29 is 0 Å². The number of rotatable bonds is 15. The molecule has 0 aromatic heterocycles. The molecule has 0 saturated carbocycles. The van der Waals surface area contributed by atoms with E-state index in [-0.39, 0.29) is 0 Å². The first kappa shape index (κ1) is 49.7. The van der Waals surface area contributed by atoms with Crippen molar-refractivity contribution in [3.63, 3.8) is 0 Å². The lowest BCUT2D eigenvalue weighted by molar-refractivity contribution is 1.25. The molecule has 4 nitrogen and oxygen atoms in total. The molecule has 79 heavy (non-hydrogen) atoms. The van der Waals surface area contributed by atoms with Gasteiger partial charge >= 0.3 is 0 Å². The average molecular weight is 1020 g/mol. The van der Waals surface area contributed by atoms with Crippen molar-refractivity contribution in [3.05, 3.63) is 326 Å². The Morgan fingerprint density at radius 1 is 0.152 bits per heavy atom. The Morgan fingerprint density at radius 2 is 0.329 bits per heavy atom. The van der Waals surface area contributed by atoms with Gasteiger partial charge in [0.2, 0.25) is 0 Å². The van der Waals surface area contributed by atoms with Crippen LogP contribution in [0.15, 0.2) is 309 Å². The molecule has 0 unspecified atom stereocenters. The van der Waals surface area contributed by atoms with Crippen molar-refractivity contribution in [3.8, 4) is 33.4 Å². The van der Waals surface area contributed by atoms with Crippen LogP contribution in [0.2, 0.25) is 0 Å². The van der Waals surface area contributed by atoms with Crippen molar-refractivity contribution in [2.75, 3.05) is 19.6 Å². The number of hydrogen-bond acceptors (Lipinski definition) is 4. The molecule has 0 atom stereocenters. The van der Waals surface area contributed by atoms with E-state index in [4.69, 9.17) is 0 Å². The van der Waals surface area contributed by atoms with Gasteiger partial charge in [-0.1, -0.05) is 174 Å². The highest BCUT2D eigenvalue weighted by atomic mass is 15.2. The molecule has 0 radical (unpaired) electrons. The molecule has 0 amide bonds. The van der Waals surface area contributed by atoms with E-state index in [1.807, 2.05) is 0 Å². The molecule has 0 heterocycles. The van der Waals surface area contributed by atoms with Crippen LogP contribution in [0, 0.1) is 20.8 Å². The van der Waals surface area contributed by atoms with E-state index in [9.17, 15) is 0 Å². The molecule has 0 aliphatic carbocycles. The highest BCUT2D eigenvalue weighted by Crippen LogP contribution is 2.42. The molecule has 12 aromatic carbocycles. The monoisotopic (exact) mass is 1020 g/mol. The van der Waals surface area contributed by atoms with Crippen molar-refractivity contribution in [2.45, 2.75) is 20.8 Å². The molecule has 12 rings (SSSR count). The summed E-state index contributed by atoms with van der Waals surface area (Å²) in [6.45, 7) is 6.39. The summed E-state index contributed by atoms with van der Waals surface area (Å²) in [6.07, 6.45) is 0. The summed E-state index contributed by atoms with van der Waals surface area (Å²) >= 11 is 0. The first-order chi connectivity index (χ1) is 38.9. The topological polar surface area (TPSA) is 13.0 Å². The zero-order valence-electron chi connectivity index (χ0n) is 44.7. The zero-order chi connectivity index (χ0) is 53.5. The fourth-order valence-electron chi connectivity index (χ4n) is 10.4. The van der Waals surface area contributed by atoms with Crippen LogP contribution in [0.4, 0.5) is 68.2 Å². The van der Waals surface area contributed by atoms with Crippen LogP contribution in [0.25, 0.3) is 33.4 Å². The lowest BCUT2D eigenvalue weighted by atomic mass is 9.97. The van der Waals surface area contributed by atoms with Gasteiger partial charge < -0.3 is 19.6 Å². The minimum absolute atomic E-state index is 1.08. The first-order valence-corrected chi connectivity index (χ1v) is 27.1.